The summed E-state index contributed by atoms with van der Waals surface area (Å²) in [5.74, 6) is 7.01. The lowest BCUT2D eigenvalue weighted by molar-refractivity contribution is -0.0204. The highest BCUT2D eigenvalue weighted by Crippen LogP contribution is 2.40. The fourth-order valence-electron chi connectivity index (χ4n) is 5.18. The lowest BCUT2D eigenvalue weighted by Gasteiger charge is -2.37. The number of thioether (sulfide) groups is 1. The summed E-state index contributed by atoms with van der Waals surface area (Å²) in [5, 5.41) is 14.0. The molecule has 1 fully saturated rings. The summed E-state index contributed by atoms with van der Waals surface area (Å²) in [6.07, 6.45) is 0.130. The van der Waals surface area contributed by atoms with Gasteiger partial charge in [0.1, 0.15) is 29.1 Å². The topological polar surface area (TPSA) is 98.5 Å². The van der Waals surface area contributed by atoms with E-state index in [1.165, 1.54) is 11.8 Å². The highest BCUT2D eigenvalue weighted by molar-refractivity contribution is 8.00. The van der Waals surface area contributed by atoms with E-state index in [2.05, 4.69) is 46.4 Å². The molecule has 1 aliphatic rings. The molecule has 0 aliphatic carbocycles. The molecule has 3 aromatic carbocycles. The van der Waals surface area contributed by atoms with Crippen LogP contribution in [0.1, 0.15) is 29.8 Å². The molecular formula is C32H28N4O4S2. The Morgan fingerprint density at radius 3 is 2.31 bits per heavy atom. The molecule has 212 valence electrons. The first-order valence-corrected chi connectivity index (χ1v) is 15.2. The number of anilines is 1. The Morgan fingerprint density at radius 1 is 1.05 bits per heavy atom. The van der Waals surface area contributed by atoms with Crippen molar-refractivity contribution >= 4 is 39.4 Å². The third-order valence-electron chi connectivity index (χ3n) is 7.13. The molecule has 3 atom stereocenters. The maximum Gasteiger partial charge on any atom is 0.311 e. The standard InChI is InChI=1S/C32H28N4O4S2/c1-3-10-25(37)29-40-27(20-41-29)36-28-26(42-31(36)38)19-33-30(34-28)35-32(21-11-6-4-7-12-21,22-13-8-5-9-14-22)23-15-17-24(39-2)18-16-23/h4-9,11-19,25,27,29,37H,20H2,1-2H3,(H,33,34,35)/t25?,27-,29+/m1/s1. The van der Waals surface area contributed by atoms with E-state index in [9.17, 15) is 9.90 Å². The second-order valence-corrected chi connectivity index (χ2v) is 11.7. The Kier molecular flexibility index (Phi) is 8.00. The van der Waals surface area contributed by atoms with E-state index in [0.29, 0.717) is 22.0 Å². The van der Waals surface area contributed by atoms with Crippen molar-refractivity contribution in [3.63, 3.8) is 0 Å². The third-order valence-corrected chi connectivity index (χ3v) is 9.18. The summed E-state index contributed by atoms with van der Waals surface area (Å²) >= 11 is 2.49. The number of fused-ring (bicyclic) bond motifs is 1. The number of aliphatic hydroxyl groups is 1. The van der Waals surface area contributed by atoms with Crippen LogP contribution in [0.25, 0.3) is 10.3 Å². The molecule has 1 aliphatic heterocycles. The van der Waals surface area contributed by atoms with Gasteiger partial charge in [-0.15, -0.1) is 17.7 Å². The summed E-state index contributed by atoms with van der Waals surface area (Å²) in [6, 6.07) is 28.2. The van der Waals surface area contributed by atoms with Crippen molar-refractivity contribution < 1.29 is 14.6 Å². The maximum atomic E-state index is 13.2. The van der Waals surface area contributed by atoms with Crippen LogP contribution in [0.4, 0.5) is 5.95 Å². The SMILES string of the molecule is CC#CC(O)[C@H]1O[C@@H](n2c(=O)sc3cnc(NC(c4ccccc4)(c4ccccc4)c4ccc(OC)cc4)nc32)CS1. The molecule has 0 radical (unpaired) electrons. The molecule has 6 rings (SSSR count). The molecule has 42 heavy (non-hydrogen) atoms. The first kappa shape index (κ1) is 28.0. The summed E-state index contributed by atoms with van der Waals surface area (Å²) in [7, 11) is 1.64. The van der Waals surface area contributed by atoms with E-state index in [1.54, 1.807) is 24.8 Å². The minimum atomic E-state index is -0.945. The van der Waals surface area contributed by atoms with E-state index in [-0.39, 0.29) is 4.87 Å². The van der Waals surface area contributed by atoms with Gasteiger partial charge in [0, 0.05) is 5.75 Å². The number of hydrogen-bond acceptors (Lipinski definition) is 9. The normalized spacial score (nSPS) is 17.4. The average molecular weight is 597 g/mol. The number of nitrogens with zero attached hydrogens (tertiary/aromatic N) is 3. The van der Waals surface area contributed by atoms with Gasteiger partial charge in [0.25, 0.3) is 0 Å². The van der Waals surface area contributed by atoms with Crippen molar-refractivity contribution in [1.82, 2.24) is 14.5 Å². The monoisotopic (exact) mass is 596 g/mol. The number of nitrogens with one attached hydrogen (secondary N) is 1. The zero-order valence-electron chi connectivity index (χ0n) is 22.9. The van der Waals surface area contributed by atoms with E-state index < -0.39 is 23.3 Å². The molecule has 3 heterocycles. The van der Waals surface area contributed by atoms with Crippen molar-refractivity contribution in [3.05, 3.63) is 117 Å². The molecule has 8 nitrogen and oxygen atoms in total. The average Bonchev–Trinajstić information content (AvgIpc) is 3.64. The van der Waals surface area contributed by atoms with Crippen LogP contribution < -0.4 is 14.9 Å². The zero-order valence-corrected chi connectivity index (χ0v) is 24.6. The number of thiazole rings is 1. The van der Waals surface area contributed by atoms with Crippen LogP contribution in [-0.2, 0) is 10.3 Å². The first-order chi connectivity index (χ1) is 20.5. The van der Waals surface area contributed by atoms with Gasteiger partial charge in [-0.05, 0) is 35.7 Å². The fourth-order valence-corrected chi connectivity index (χ4v) is 7.05. The minimum absolute atomic E-state index is 0.202. The van der Waals surface area contributed by atoms with Crippen LogP contribution in [0.15, 0.2) is 95.9 Å². The van der Waals surface area contributed by atoms with Crippen molar-refractivity contribution in [2.75, 3.05) is 18.2 Å². The molecule has 5 aromatic rings. The Morgan fingerprint density at radius 2 is 1.69 bits per heavy atom. The predicted molar refractivity (Wildman–Crippen MR) is 167 cm³/mol. The van der Waals surface area contributed by atoms with Gasteiger partial charge >= 0.3 is 4.87 Å². The second-order valence-electron chi connectivity index (χ2n) is 9.59. The molecule has 0 bridgehead atoms. The van der Waals surface area contributed by atoms with Crippen LogP contribution in [0.2, 0.25) is 0 Å². The van der Waals surface area contributed by atoms with Crippen LogP contribution in [0.3, 0.4) is 0 Å². The number of rotatable bonds is 8. The van der Waals surface area contributed by atoms with Gasteiger partial charge in [0.15, 0.2) is 5.65 Å². The van der Waals surface area contributed by atoms with Crippen molar-refractivity contribution in [2.24, 2.45) is 0 Å². The zero-order chi connectivity index (χ0) is 29.1. The Bertz CT molecular complexity index is 1760. The van der Waals surface area contributed by atoms with Crippen molar-refractivity contribution in [2.45, 2.75) is 30.2 Å². The Balaban J connectivity index is 1.48. The lowest BCUT2D eigenvalue weighted by atomic mass is 9.77. The number of methoxy groups -OCH3 is 1. The predicted octanol–water partition coefficient (Wildman–Crippen LogP) is 5.24. The van der Waals surface area contributed by atoms with Crippen molar-refractivity contribution in [3.8, 4) is 17.6 Å². The van der Waals surface area contributed by atoms with Gasteiger partial charge in [-0.2, -0.15) is 4.98 Å². The van der Waals surface area contributed by atoms with Crippen LogP contribution in [0.5, 0.6) is 5.75 Å². The number of hydrogen-bond donors (Lipinski definition) is 2. The largest absolute Gasteiger partial charge is 0.497 e. The molecule has 0 spiro atoms. The highest BCUT2D eigenvalue weighted by Gasteiger charge is 2.38. The second kappa shape index (κ2) is 12.0. The number of aromatic nitrogens is 3. The van der Waals surface area contributed by atoms with Crippen molar-refractivity contribution in [1.29, 1.82) is 0 Å². The summed E-state index contributed by atoms with van der Waals surface area (Å²) < 4.78 is 13.7. The fraction of sp³-hybridized carbons (Fsp3) is 0.219. The van der Waals surface area contributed by atoms with E-state index in [0.717, 1.165) is 33.8 Å². The first-order valence-electron chi connectivity index (χ1n) is 13.3. The molecule has 0 saturated carbocycles. The van der Waals surface area contributed by atoms with Crippen LogP contribution in [-0.4, -0.2) is 44.0 Å². The van der Waals surface area contributed by atoms with Crippen LogP contribution in [0, 0.1) is 11.8 Å². The van der Waals surface area contributed by atoms with Gasteiger partial charge in [0.05, 0.1) is 18.0 Å². The molecule has 1 unspecified atom stereocenters. The summed E-state index contributed by atoms with van der Waals surface area (Å²) in [5.41, 5.74) is 1.96. The quantitative estimate of drug-likeness (QED) is 0.186. The van der Waals surface area contributed by atoms with Gasteiger partial charge in [-0.25, -0.2) is 4.98 Å². The molecule has 10 heteroatoms. The van der Waals surface area contributed by atoms with Crippen LogP contribution >= 0.6 is 23.1 Å². The molecular weight excluding hydrogens is 569 g/mol. The van der Waals surface area contributed by atoms with Gasteiger partial charge < -0.3 is 19.9 Å². The Labute approximate surface area is 251 Å². The summed E-state index contributed by atoms with van der Waals surface area (Å²) in [6.45, 7) is 1.67. The smallest absolute Gasteiger partial charge is 0.311 e. The van der Waals surface area contributed by atoms with Gasteiger partial charge in [-0.1, -0.05) is 90.1 Å². The molecule has 2 N–H and O–H groups in total. The Hall–Kier alpha value is -4.14. The number of ether oxygens (including phenoxy) is 2. The van der Waals surface area contributed by atoms with Gasteiger partial charge in [0.2, 0.25) is 5.95 Å². The van der Waals surface area contributed by atoms with Gasteiger partial charge in [-0.3, -0.25) is 9.36 Å². The lowest BCUT2D eigenvalue weighted by Crippen LogP contribution is -2.38. The molecule has 2 aromatic heterocycles. The number of aliphatic hydroxyl groups excluding tert-OH is 1. The van der Waals surface area contributed by atoms with E-state index >= 15 is 0 Å². The summed E-state index contributed by atoms with van der Waals surface area (Å²) in [4.78, 5) is 22.5. The van der Waals surface area contributed by atoms with E-state index in [4.69, 9.17) is 14.5 Å². The maximum absolute atomic E-state index is 13.2. The minimum Gasteiger partial charge on any atom is -0.497 e. The molecule has 0 amide bonds. The van der Waals surface area contributed by atoms with E-state index in [1.807, 2.05) is 60.7 Å². The molecule has 1 saturated heterocycles. The number of benzene rings is 3. The third kappa shape index (κ3) is 5.16. The highest BCUT2D eigenvalue weighted by atomic mass is 32.2.